The predicted octanol–water partition coefficient (Wildman–Crippen LogP) is 6.33. The number of nitrogens with one attached hydrogen (secondary N) is 1. The van der Waals surface area contributed by atoms with Crippen molar-refractivity contribution in [3.05, 3.63) is 98.8 Å². The van der Waals surface area contributed by atoms with E-state index < -0.39 is 11.7 Å². The van der Waals surface area contributed by atoms with Gasteiger partial charge in [-0.05, 0) is 79.1 Å². The first-order chi connectivity index (χ1) is 14.9. The van der Waals surface area contributed by atoms with Gasteiger partial charge in [0.15, 0.2) is 0 Å². The zero-order chi connectivity index (χ0) is 22.4. The summed E-state index contributed by atoms with van der Waals surface area (Å²) < 4.78 is 19.8. The molecule has 0 spiro atoms. The number of carbonyl (C=O) groups is 1. The standard InChI is InChI=1S/C25H20BrFN2O2/c1-16-3-4-18(11-17(16)2)15-31-24-10-5-21(26)13-19(24)12-20(14-28)25(30)29-23-8-6-22(27)7-9-23/h3-13H,15H2,1-2H3,(H,29,30)/b20-12+. The Kier molecular flexibility index (Phi) is 7.22. The molecule has 0 aromatic heterocycles. The lowest BCUT2D eigenvalue weighted by Gasteiger charge is -2.12. The minimum Gasteiger partial charge on any atom is -0.488 e. The number of amides is 1. The van der Waals surface area contributed by atoms with Crippen molar-refractivity contribution < 1.29 is 13.9 Å². The fourth-order valence-electron chi connectivity index (χ4n) is 2.85. The summed E-state index contributed by atoms with van der Waals surface area (Å²) in [6.45, 7) is 4.46. The van der Waals surface area contributed by atoms with Crippen molar-refractivity contribution in [1.29, 1.82) is 5.26 Å². The monoisotopic (exact) mass is 478 g/mol. The van der Waals surface area contributed by atoms with Gasteiger partial charge >= 0.3 is 0 Å². The summed E-state index contributed by atoms with van der Waals surface area (Å²) in [5, 5.41) is 12.1. The molecule has 1 N–H and O–H groups in total. The molecule has 0 unspecified atom stereocenters. The van der Waals surface area contributed by atoms with Gasteiger partial charge in [0.2, 0.25) is 0 Å². The van der Waals surface area contributed by atoms with E-state index in [9.17, 15) is 14.4 Å². The van der Waals surface area contributed by atoms with Gasteiger partial charge in [0.1, 0.15) is 29.8 Å². The third-order valence-electron chi connectivity index (χ3n) is 4.70. The molecule has 3 aromatic rings. The second-order valence-electron chi connectivity index (χ2n) is 7.02. The van der Waals surface area contributed by atoms with E-state index in [1.54, 1.807) is 12.1 Å². The topological polar surface area (TPSA) is 62.1 Å². The number of ether oxygens (including phenoxy) is 1. The maximum atomic E-state index is 13.1. The molecule has 0 atom stereocenters. The molecule has 31 heavy (non-hydrogen) atoms. The average Bonchev–Trinajstić information content (AvgIpc) is 2.75. The van der Waals surface area contributed by atoms with Crippen LogP contribution in [0, 0.1) is 31.0 Å². The summed E-state index contributed by atoms with van der Waals surface area (Å²) in [7, 11) is 0. The zero-order valence-electron chi connectivity index (χ0n) is 17.1. The van der Waals surface area contributed by atoms with E-state index in [0.29, 0.717) is 23.6 Å². The van der Waals surface area contributed by atoms with Crippen LogP contribution in [0.4, 0.5) is 10.1 Å². The van der Waals surface area contributed by atoms with E-state index in [1.165, 1.54) is 41.5 Å². The van der Waals surface area contributed by atoms with Crippen molar-refractivity contribution in [2.45, 2.75) is 20.5 Å². The highest BCUT2D eigenvalue weighted by Gasteiger charge is 2.12. The van der Waals surface area contributed by atoms with Gasteiger partial charge in [0.25, 0.3) is 5.91 Å². The number of carbonyl (C=O) groups excluding carboxylic acids is 1. The molecule has 0 saturated carbocycles. The lowest BCUT2D eigenvalue weighted by Crippen LogP contribution is -2.13. The van der Waals surface area contributed by atoms with Gasteiger partial charge in [-0.3, -0.25) is 4.79 Å². The highest BCUT2D eigenvalue weighted by molar-refractivity contribution is 9.10. The number of halogens is 2. The minimum absolute atomic E-state index is 0.0987. The summed E-state index contributed by atoms with van der Waals surface area (Å²) in [6, 6.07) is 18.8. The SMILES string of the molecule is Cc1ccc(COc2ccc(Br)cc2/C=C(\C#N)C(=O)Nc2ccc(F)cc2)cc1C. The normalized spacial score (nSPS) is 11.0. The molecule has 0 aliphatic carbocycles. The van der Waals surface area contributed by atoms with Crippen molar-refractivity contribution in [2.75, 3.05) is 5.32 Å². The highest BCUT2D eigenvalue weighted by atomic mass is 79.9. The Bertz CT molecular complexity index is 1180. The third kappa shape index (κ3) is 6.03. The van der Waals surface area contributed by atoms with Crippen molar-refractivity contribution in [2.24, 2.45) is 0 Å². The van der Waals surface area contributed by atoms with Crippen LogP contribution < -0.4 is 10.1 Å². The molecule has 6 heteroatoms. The molecule has 0 saturated heterocycles. The molecular formula is C25H20BrFN2O2. The Hall–Kier alpha value is -3.43. The fourth-order valence-corrected chi connectivity index (χ4v) is 3.23. The van der Waals surface area contributed by atoms with Crippen molar-refractivity contribution >= 4 is 33.6 Å². The molecule has 3 aromatic carbocycles. The lowest BCUT2D eigenvalue weighted by molar-refractivity contribution is -0.112. The van der Waals surface area contributed by atoms with Crippen LogP contribution in [-0.4, -0.2) is 5.91 Å². The number of rotatable bonds is 6. The predicted molar refractivity (Wildman–Crippen MR) is 123 cm³/mol. The van der Waals surface area contributed by atoms with Crippen molar-refractivity contribution in [3.8, 4) is 11.8 Å². The maximum absolute atomic E-state index is 13.1. The van der Waals surface area contributed by atoms with Crippen molar-refractivity contribution in [3.63, 3.8) is 0 Å². The van der Waals surface area contributed by atoms with Gasteiger partial charge in [-0.25, -0.2) is 4.39 Å². The van der Waals surface area contributed by atoms with Gasteiger partial charge < -0.3 is 10.1 Å². The zero-order valence-corrected chi connectivity index (χ0v) is 18.7. The Morgan fingerprint density at radius 2 is 1.84 bits per heavy atom. The molecule has 0 aliphatic rings. The van der Waals surface area contributed by atoms with E-state index in [4.69, 9.17) is 4.74 Å². The quantitative estimate of drug-likeness (QED) is 0.332. The molecular weight excluding hydrogens is 459 g/mol. The van der Waals surface area contributed by atoms with Crippen LogP contribution in [0.15, 0.2) is 70.7 Å². The number of nitriles is 1. The largest absolute Gasteiger partial charge is 0.488 e. The lowest BCUT2D eigenvalue weighted by atomic mass is 10.1. The van der Waals surface area contributed by atoms with E-state index in [2.05, 4.69) is 34.2 Å². The average molecular weight is 479 g/mol. The Balaban J connectivity index is 1.82. The van der Waals surface area contributed by atoms with Crippen LogP contribution in [0.25, 0.3) is 6.08 Å². The van der Waals surface area contributed by atoms with Crippen LogP contribution in [0.1, 0.15) is 22.3 Å². The van der Waals surface area contributed by atoms with Gasteiger partial charge in [0.05, 0.1) is 0 Å². The Morgan fingerprint density at radius 3 is 2.52 bits per heavy atom. The Morgan fingerprint density at radius 1 is 1.10 bits per heavy atom. The van der Waals surface area contributed by atoms with Gasteiger partial charge in [-0.15, -0.1) is 0 Å². The number of hydrogen-bond donors (Lipinski definition) is 1. The van der Waals surface area contributed by atoms with Crippen LogP contribution in [0.3, 0.4) is 0 Å². The van der Waals surface area contributed by atoms with Crippen molar-refractivity contribution in [1.82, 2.24) is 0 Å². The van der Waals surface area contributed by atoms with Crippen LogP contribution in [0.5, 0.6) is 5.75 Å². The second-order valence-corrected chi connectivity index (χ2v) is 7.94. The number of anilines is 1. The summed E-state index contributed by atoms with van der Waals surface area (Å²) in [6.07, 6.45) is 1.47. The second kappa shape index (κ2) is 10.1. The molecule has 156 valence electrons. The summed E-state index contributed by atoms with van der Waals surface area (Å²) in [5.74, 6) is -0.452. The number of nitrogens with zero attached hydrogens (tertiary/aromatic N) is 1. The van der Waals surface area contributed by atoms with E-state index in [-0.39, 0.29) is 5.57 Å². The van der Waals surface area contributed by atoms with Gasteiger partial charge in [-0.2, -0.15) is 5.26 Å². The third-order valence-corrected chi connectivity index (χ3v) is 5.20. The minimum atomic E-state index is -0.589. The van der Waals surface area contributed by atoms with Crippen LogP contribution in [0.2, 0.25) is 0 Å². The van der Waals surface area contributed by atoms with E-state index >= 15 is 0 Å². The fraction of sp³-hybridized carbons (Fsp3) is 0.120. The van der Waals surface area contributed by atoms with E-state index in [1.807, 2.05) is 31.2 Å². The highest BCUT2D eigenvalue weighted by Crippen LogP contribution is 2.27. The molecule has 3 rings (SSSR count). The maximum Gasteiger partial charge on any atom is 0.266 e. The number of aryl methyl sites for hydroxylation is 2. The van der Waals surface area contributed by atoms with Crippen LogP contribution in [-0.2, 0) is 11.4 Å². The smallest absolute Gasteiger partial charge is 0.266 e. The molecule has 0 fully saturated rings. The van der Waals surface area contributed by atoms with Gasteiger partial charge in [0, 0.05) is 15.7 Å². The Labute approximate surface area is 189 Å². The summed E-state index contributed by atoms with van der Waals surface area (Å²) in [4.78, 5) is 12.5. The summed E-state index contributed by atoms with van der Waals surface area (Å²) in [5.41, 5.74) is 4.30. The number of hydrogen-bond acceptors (Lipinski definition) is 3. The van der Waals surface area contributed by atoms with Crippen LogP contribution >= 0.6 is 15.9 Å². The van der Waals surface area contributed by atoms with Gasteiger partial charge in [-0.1, -0.05) is 34.1 Å². The molecule has 0 heterocycles. The first kappa shape index (κ1) is 22.3. The first-order valence-electron chi connectivity index (χ1n) is 9.53. The molecule has 0 aliphatic heterocycles. The van der Waals surface area contributed by atoms with E-state index in [0.717, 1.165) is 10.0 Å². The molecule has 0 radical (unpaired) electrons. The number of benzene rings is 3. The summed E-state index contributed by atoms with van der Waals surface area (Å²) >= 11 is 3.42. The molecule has 4 nitrogen and oxygen atoms in total. The molecule has 1 amide bonds. The first-order valence-corrected chi connectivity index (χ1v) is 10.3. The molecule has 0 bridgehead atoms.